The quantitative estimate of drug-likeness (QED) is 0.461. The summed E-state index contributed by atoms with van der Waals surface area (Å²) in [6.45, 7) is 5.11. The van der Waals surface area contributed by atoms with Gasteiger partial charge in [-0.1, -0.05) is 42.3 Å². The number of anilines is 1. The van der Waals surface area contributed by atoms with Crippen LogP contribution in [0.25, 0.3) is 0 Å². The first-order valence-corrected chi connectivity index (χ1v) is 13.7. The third-order valence-electron chi connectivity index (χ3n) is 5.41. The molecule has 0 bridgehead atoms. The molecule has 0 aliphatic heterocycles. The van der Waals surface area contributed by atoms with Gasteiger partial charge in [-0.3, -0.25) is 13.9 Å². The maximum atomic E-state index is 13.7. The Morgan fingerprint density at radius 3 is 2.26 bits per heavy atom. The molecule has 2 aromatic rings. The molecular weight excluding hydrogens is 513 g/mol. The average Bonchev–Trinajstić information content (AvgIpc) is 2.78. The highest BCUT2D eigenvalue weighted by Gasteiger charge is 2.33. The normalized spacial score (nSPS) is 12.1. The minimum absolute atomic E-state index is 0.0739. The van der Waals surface area contributed by atoms with Crippen molar-refractivity contribution in [2.75, 3.05) is 30.8 Å². The molecule has 1 atom stereocenters. The summed E-state index contributed by atoms with van der Waals surface area (Å²) >= 11 is 12.7. The Balaban J connectivity index is 2.56. The molecule has 192 valence electrons. The van der Waals surface area contributed by atoms with Gasteiger partial charge in [0, 0.05) is 28.7 Å². The lowest BCUT2D eigenvalue weighted by Gasteiger charge is -2.33. The zero-order valence-corrected chi connectivity index (χ0v) is 22.8. The van der Waals surface area contributed by atoms with Crippen molar-refractivity contribution in [3.05, 3.63) is 57.6 Å². The van der Waals surface area contributed by atoms with E-state index in [9.17, 15) is 18.0 Å². The van der Waals surface area contributed by atoms with Crippen molar-refractivity contribution in [3.8, 4) is 5.75 Å². The van der Waals surface area contributed by atoms with E-state index in [4.69, 9.17) is 27.9 Å². The first-order valence-electron chi connectivity index (χ1n) is 11.1. The smallest absolute Gasteiger partial charge is 0.244 e. The van der Waals surface area contributed by atoms with E-state index in [2.05, 4.69) is 5.32 Å². The summed E-state index contributed by atoms with van der Waals surface area (Å²) in [7, 11) is -2.47. The molecule has 8 nitrogen and oxygen atoms in total. The molecule has 0 spiro atoms. The van der Waals surface area contributed by atoms with Crippen molar-refractivity contribution in [1.29, 1.82) is 0 Å². The molecular formula is C24H31Cl2N3O5S. The molecule has 0 saturated carbocycles. The maximum absolute atomic E-state index is 13.7. The molecule has 0 aliphatic carbocycles. The van der Waals surface area contributed by atoms with Crippen molar-refractivity contribution in [3.63, 3.8) is 0 Å². The number of rotatable bonds is 11. The number of ether oxygens (including phenoxy) is 1. The van der Waals surface area contributed by atoms with E-state index in [1.54, 1.807) is 57.2 Å². The number of hydrogen-bond donors (Lipinski definition) is 1. The molecule has 0 fully saturated rings. The fraction of sp³-hybridized carbons (Fsp3) is 0.417. The zero-order valence-electron chi connectivity index (χ0n) is 20.5. The topological polar surface area (TPSA) is 96.0 Å². The molecule has 0 heterocycles. The minimum Gasteiger partial charge on any atom is -0.495 e. The van der Waals surface area contributed by atoms with Crippen LogP contribution in [0.15, 0.2) is 36.4 Å². The highest BCUT2D eigenvalue weighted by Crippen LogP contribution is 2.32. The largest absolute Gasteiger partial charge is 0.495 e. The third-order valence-corrected chi connectivity index (χ3v) is 7.24. The van der Waals surface area contributed by atoms with Crippen molar-refractivity contribution in [2.24, 2.45) is 0 Å². The molecule has 0 aromatic heterocycles. The lowest BCUT2D eigenvalue weighted by molar-refractivity contribution is -0.140. The van der Waals surface area contributed by atoms with Crippen molar-refractivity contribution < 1.29 is 22.7 Å². The molecule has 11 heteroatoms. The molecule has 0 saturated heterocycles. The second-order valence-electron chi connectivity index (χ2n) is 7.99. The van der Waals surface area contributed by atoms with Gasteiger partial charge in [0.05, 0.1) is 19.1 Å². The van der Waals surface area contributed by atoms with Gasteiger partial charge >= 0.3 is 0 Å². The Labute approximate surface area is 217 Å². The SMILES string of the molecule is CCNC(=O)[C@@H](CC)N(Cc1c(Cl)cccc1Cl)C(=O)CN(c1cc(C)ccc1OC)S(C)(=O)=O. The van der Waals surface area contributed by atoms with Crippen LogP contribution in [0.2, 0.25) is 10.0 Å². The van der Waals surface area contributed by atoms with E-state index in [0.29, 0.717) is 34.3 Å². The van der Waals surface area contributed by atoms with E-state index in [1.807, 2.05) is 0 Å². The Kier molecular flexibility index (Phi) is 10.2. The minimum atomic E-state index is -3.89. The summed E-state index contributed by atoms with van der Waals surface area (Å²) in [6.07, 6.45) is 1.31. The van der Waals surface area contributed by atoms with Crippen LogP contribution in [0.5, 0.6) is 5.75 Å². The average molecular weight is 545 g/mol. The van der Waals surface area contributed by atoms with Gasteiger partial charge in [-0.05, 0) is 50.1 Å². The van der Waals surface area contributed by atoms with Crippen LogP contribution in [0.3, 0.4) is 0 Å². The van der Waals surface area contributed by atoms with Gasteiger partial charge in [-0.15, -0.1) is 0 Å². The number of aryl methyl sites for hydroxylation is 1. The Hall–Kier alpha value is -2.49. The monoisotopic (exact) mass is 543 g/mol. The fourth-order valence-corrected chi connectivity index (χ4v) is 5.02. The van der Waals surface area contributed by atoms with Crippen LogP contribution in [-0.4, -0.2) is 57.6 Å². The third kappa shape index (κ3) is 7.25. The van der Waals surface area contributed by atoms with Crippen LogP contribution in [0.1, 0.15) is 31.4 Å². The van der Waals surface area contributed by atoms with Gasteiger partial charge in [-0.25, -0.2) is 8.42 Å². The van der Waals surface area contributed by atoms with E-state index in [0.717, 1.165) is 16.1 Å². The number of sulfonamides is 1. The van der Waals surface area contributed by atoms with Gasteiger partial charge in [0.1, 0.15) is 18.3 Å². The number of nitrogens with one attached hydrogen (secondary N) is 1. The number of likely N-dealkylation sites (N-methyl/N-ethyl adjacent to an activating group) is 1. The Morgan fingerprint density at radius 2 is 1.74 bits per heavy atom. The van der Waals surface area contributed by atoms with Crippen molar-refractivity contribution in [1.82, 2.24) is 10.2 Å². The zero-order chi connectivity index (χ0) is 26.3. The number of nitrogens with zero attached hydrogens (tertiary/aromatic N) is 2. The van der Waals surface area contributed by atoms with Gasteiger partial charge in [0.15, 0.2) is 0 Å². The Bertz CT molecular complexity index is 1150. The van der Waals surface area contributed by atoms with E-state index >= 15 is 0 Å². The second kappa shape index (κ2) is 12.5. The van der Waals surface area contributed by atoms with Crippen LogP contribution in [0.4, 0.5) is 5.69 Å². The van der Waals surface area contributed by atoms with Crippen LogP contribution >= 0.6 is 23.2 Å². The standard InChI is InChI=1S/C24H31Cl2N3O5S/c1-6-20(24(31)27-7-2)28(14-17-18(25)9-8-10-19(17)26)23(30)15-29(35(5,32)33)21-13-16(3)11-12-22(21)34-4/h8-13,20H,6-7,14-15H2,1-5H3,(H,27,31)/t20-/m1/s1. The number of amides is 2. The highest BCUT2D eigenvalue weighted by atomic mass is 35.5. The summed E-state index contributed by atoms with van der Waals surface area (Å²) in [4.78, 5) is 27.9. The molecule has 1 N–H and O–H groups in total. The molecule has 2 aromatic carbocycles. The fourth-order valence-electron chi connectivity index (χ4n) is 3.65. The summed E-state index contributed by atoms with van der Waals surface area (Å²) in [5.41, 5.74) is 1.48. The van der Waals surface area contributed by atoms with Gasteiger partial charge in [0.2, 0.25) is 21.8 Å². The van der Waals surface area contributed by atoms with Crippen LogP contribution < -0.4 is 14.4 Å². The van der Waals surface area contributed by atoms with Gasteiger partial charge in [0.25, 0.3) is 0 Å². The number of carbonyl (C=O) groups is 2. The number of benzene rings is 2. The summed E-state index contributed by atoms with van der Waals surface area (Å²) in [5.74, 6) is -0.649. The molecule has 0 unspecified atom stereocenters. The van der Waals surface area contributed by atoms with Crippen LogP contribution in [-0.2, 0) is 26.2 Å². The molecule has 0 aliphatic rings. The molecule has 35 heavy (non-hydrogen) atoms. The van der Waals surface area contributed by atoms with Crippen LogP contribution in [0, 0.1) is 6.92 Å². The highest BCUT2D eigenvalue weighted by molar-refractivity contribution is 7.92. The Morgan fingerprint density at radius 1 is 1.11 bits per heavy atom. The summed E-state index contributed by atoms with van der Waals surface area (Å²) in [6, 6.07) is 9.13. The number of hydrogen-bond acceptors (Lipinski definition) is 5. The van der Waals surface area contributed by atoms with Gasteiger partial charge in [-0.2, -0.15) is 0 Å². The predicted octanol–water partition coefficient (Wildman–Crippen LogP) is 4.02. The summed E-state index contributed by atoms with van der Waals surface area (Å²) < 4.78 is 31.9. The second-order valence-corrected chi connectivity index (χ2v) is 10.7. The predicted molar refractivity (Wildman–Crippen MR) is 140 cm³/mol. The summed E-state index contributed by atoms with van der Waals surface area (Å²) in [5, 5.41) is 3.41. The van der Waals surface area contributed by atoms with E-state index < -0.39 is 28.5 Å². The first-order chi connectivity index (χ1) is 16.4. The van der Waals surface area contributed by atoms with Gasteiger partial charge < -0.3 is 15.0 Å². The lowest BCUT2D eigenvalue weighted by atomic mass is 10.1. The maximum Gasteiger partial charge on any atom is 0.244 e. The van der Waals surface area contributed by atoms with Crippen molar-refractivity contribution >= 4 is 50.7 Å². The number of carbonyl (C=O) groups excluding carboxylic acids is 2. The number of halogens is 2. The number of methoxy groups -OCH3 is 1. The molecule has 2 amide bonds. The van der Waals surface area contributed by atoms with E-state index in [-0.39, 0.29) is 18.1 Å². The van der Waals surface area contributed by atoms with Crippen molar-refractivity contribution in [2.45, 2.75) is 39.8 Å². The lowest BCUT2D eigenvalue weighted by Crippen LogP contribution is -2.52. The first kappa shape index (κ1) is 28.7. The molecule has 2 rings (SSSR count). The van der Waals surface area contributed by atoms with E-state index in [1.165, 1.54) is 12.0 Å². The molecule has 0 radical (unpaired) electrons.